The van der Waals surface area contributed by atoms with E-state index in [4.69, 9.17) is 0 Å². The molecule has 0 radical (unpaired) electrons. The van der Waals surface area contributed by atoms with Crippen LogP contribution >= 0.6 is 0 Å². The molecule has 20 heavy (non-hydrogen) atoms. The highest BCUT2D eigenvalue weighted by atomic mass is 16.4. The van der Waals surface area contributed by atoms with Crippen molar-refractivity contribution >= 4 is 11.9 Å². The van der Waals surface area contributed by atoms with Gasteiger partial charge in [0.15, 0.2) is 0 Å². The fourth-order valence-electron chi connectivity index (χ4n) is 3.43. The van der Waals surface area contributed by atoms with Crippen molar-refractivity contribution in [3.8, 4) is 0 Å². The number of hydrogen-bond donors (Lipinski definition) is 2. The van der Waals surface area contributed by atoms with Gasteiger partial charge in [0.1, 0.15) is 0 Å². The average molecular weight is 282 g/mol. The van der Waals surface area contributed by atoms with Crippen LogP contribution in [0, 0.1) is 5.41 Å². The third-order valence-corrected chi connectivity index (χ3v) is 4.90. The maximum absolute atomic E-state index is 12.0. The summed E-state index contributed by atoms with van der Waals surface area (Å²) in [7, 11) is 0. The number of nitrogens with one attached hydrogen (secondary N) is 1. The van der Waals surface area contributed by atoms with Gasteiger partial charge in [-0.05, 0) is 32.2 Å². The normalized spacial score (nSPS) is 28.4. The van der Waals surface area contributed by atoms with Gasteiger partial charge in [-0.1, -0.05) is 26.2 Å². The molecular weight excluding hydrogens is 256 g/mol. The Kier molecular flexibility index (Phi) is 5.02. The zero-order chi connectivity index (χ0) is 14.6. The lowest BCUT2D eigenvalue weighted by Gasteiger charge is -2.25. The minimum atomic E-state index is -0.727. The first kappa shape index (κ1) is 15.3. The molecule has 0 aromatic heterocycles. The summed E-state index contributed by atoms with van der Waals surface area (Å²) >= 11 is 0. The van der Waals surface area contributed by atoms with Gasteiger partial charge in [0.25, 0.3) is 0 Å². The predicted octanol–water partition coefficient (Wildman–Crippen LogP) is 1.62. The van der Waals surface area contributed by atoms with Crippen LogP contribution in [0.1, 0.15) is 51.9 Å². The van der Waals surface area contributed by atoms with E-state index in [1.165, 1.54) is 19.3 Å². The van der Waals surface area contributed by atoms with Crippen molar-refractivity contribution in [3.63, 3.8) is 0 Å². The monoisotopic (exact) mass is 282 g/mol. The third kappa shape index (κ3) is 3.51. The highest BCUT2D eigenvalue weighted by Crippen LogP contribution is 2.33. The summed E-state index contributed by atoms with van der Waals surface area (Å²) in [5, 5.41) is 12.4. The van der Waals surface area contributed by atoms with Gasteiger partial charge in [-0.25, -0.2) is 0 Å². The number of hydrogen-bond acceptors (Lipinski definition) is 3. The minimum Gasteiger partial charge on any atom is -0.481 e. The third-order valence-electron chi connectivity index (χ3n) is 4.90. The Bertz CT molecular complexity index is 366. The van der Waals surface area contributed by atoms with Gasteiger partial charge in [-0.3, -0.25) is 14.5 Å². The van der Waals surface area contributed by atoms with Crippen LogP contribution in [-0.4, -0.2) is 47.6 Å². The van der Waals surface area contributed by atoms with Crippen molar-refractivity contribution < 1.29 is 14.7 Å². The summed E-state index contributed by atoms with van der Waals surface area (Å²) in [6, 6.07) is 0.328. The Hall–Kier alpha value is -1.10. The summed E-state index contributed by atoms with van der Waals surface area (Å²) in [5.74, 6) is -0.676. The van der Waals surface area contributed by atoms with Gasteiger partial charge in [0.2, 0.25) is 5.91 Å². The summed E-state index contributed by atoms with van der Waals surface area (Å²) in [6.45, 7) is 3.46. The number of carboxylic acids is 1. The molecule has 1 atom stereocenters. The highest BCUT2D eigenvalue weighted by molar-refractivity contribution is 5.79. The molecule has 1 amide bonds. The Morgan fingerprint density at radius 3 is 2.55 bits per heavy atom. The first-order valence-electron chi connectivity index (χ1n) is 7.81. The number of carbonyl (C=O) groups excluding carboxylic acids is 1. The van der Waals surface area contributed by atoms with Gasteiger partial charge >= 0.3 is 5.97 Å². The van der Waals surface area contributed by atoms with Gasteiger partial charge in [-0.15, -0.1) is 0 Å². The van der Waals surface area contributed by atoms with E-state index in [-0.39, 0.29) is 5.91 Å². The van der Waals surface area contributed by atoms with Crippen LogP contribution in [0.2, 0.25) is 0 Å². The standard InChI is InChI=1S/C15H26N2O3/c1-2-15(14(19)20)8-9-17(11-15)10-13(18)16-12-6-4-3-5-7-12/h12H,2-11H2,1H3,(H,16,18)(H,19,20). The number of rotatable bonds is 5. The molecule has 1 unspecified atom stereocenters. The fourth-order valence-corrected chi connectivity index (χ4v) is 3.43. The molecule has 1 saturated carbocycles. The van der Waals surface area contributed by atoms with Gasteiger partial charge in [0.05, 0.1) is 12.0 Å². The Balaban J connectivity index is 1.79. The van der Waals surface area contributed by atoms with Crippen LogP contribution < -0.4 is 5.32 Å². The van der Waals surface area contributed by atoms with Crippen molar-refractivity contribution in [1.82, 2.24) is 10.2 Å². The largest absolute Gasteiger partial charge is 0.481 e. The SMILES string of the molecule is CCC1(C(=O)O)CCN(CC(=O)NC2CCCCC2)C1. The molecule has 0 aromatic rings. The maximum atomic E-state index is 12.0. The lowest BCUT2D eigenvalue weighted by atomic mass is 9.84. The van der Waals surface area contributed by atoms with E-state index in [2.05, 4.69) is 5.32 Å². The molecular formula is C15H26N2O3. The van der Waals surface area contributed by atoms with E-state index in [1.807, 2.05) is 11.8 Å². The van der Waals surface area contributed by atoms with Gasteiger partial charge in [0, 0.05) is 12.6 Å². The number of aliphatic carboxylic acids is 1. The molecule has 0 bridgehead atoms. The van der Waals surface area contributed by atoms with Crippen molar-refractivity contribution in [2.45, 2.75) is 57.9 Å². The van der Waals surface area contributed by atoms with E-state index in [0.717, 1.165) is 12.8 Å². The lowest BCUT2D eigenvalue weighted by Crippen LogP contribution is -2.43. The number of carboxylic acid groups (broad SMARTS) is 1. The molecule has 2 fully saturated rings. The van der Waals surface area contributed by atoms with E-state index in [9.17, 15) is 14.7 Å². The first-order chi connectivity index (χ1) is 9.55. The van der Waals surface area contributed by atoms with Crippen molar-refractivity contribution in [3.05, 3.63) is 0 Å². The smallest absolute Gasteiger partial charge is 0.310 e. The quantitative estimate of drug-likeness (QED) is 0.804. The number of likely N-dealkylation sites (tertiary alicyclic amines) is 1. The van der Waals surface area contributed by atoms with Gasteiger partial charge < -0.3 is 10.4 Å². The summed E-state index contributed by atoms with van der Waals surface area (Å²) in [4.78, 5) is 25.4. The predicted molar refractivity (Wildman–Crippen MR) is 76.4 cm³/mol. The number of amides is 1. The van der Waals surface area contributed by atoms with E-state index < -0.39 is 11.4 Å². The van der Waals surface area contributed by atoms with Crippen molar-refractivity contribution in [2.75, 3.05) is 19.6 Å². The molecule has 2 N–H and O–H groups in total. The second-order valence-electron chi connectivity index (χ2n) is 6.30. The number of nitrogens with zero attached hydrogens (tertiary/aromatic N) is 1. The Morgan fingerprint density at radius 1 is 1.30 bits per heavy atom. The second-order valence-corrected chi connectivity index (χ2v) is 6.30. The van der Waals surface area contributed by atoms with E-state index in [0.29, 0.717) is 38.5 Å². The van der Waals surface area contributed by atoms with Crippen LogP contribution in [0.4, 0.5) is 0 Å². The summed E-state index contributed by atoms with van der Waals surface area (Å²) in [6.07, 6.45) is 7.12. The molecule has 1 aliphatic heterocycles. The van der Waals surface area contributed by atoms with Crippen LogP contribution in [0.15, 0.2) is 0 Å². The molecule has 5 heteroatoms. The average Bonchev–Trinajstić information content (AvgIpc) is 2.84. The van der Waals surface area contributed by atoms with Crippen LogP contribution in [0.25, 0.3) is 0 Å². The van der Waals surface area contributed by atoms with Gasteiger partial charge in [-0.2, -0.15) is 0 Å². The molecule has 114 valence electrons. The fraction of sp³-hybridized carbons (Fsp3) is 0.867. The van der Waals surface area contributed by atoms with Crippen molar-refractivity contribution in [2.24, 2.45) is 5.41 Å². The summed E-state index contributed by atoms with van der Waals surface area (Å²) in [5.41, 5.74) is -0.648. The molecule has 1 heterocycles. The summed E-state index contributed by atoms with van der Waals surface area (Å²) < 4.78 is 0. The minimum absolute atomic E-state index is 0.0502. The van der Waals surface area contributed by atoms with E-state index in [1.54, 1.807) is 0 Å². The zero-order valence-electron chi connectivity index (χ0n) is 12.4. The topological polar surface area (TPSA) is 69.6 Å². The number of carbonyl (C=O) groups is 2. The second kappa shape index (κ2) is 6.57. The molecule has 2 rings (SSSR count). The van der Waals surface area contributed by atoms with Crippen molar-refractivity contribution in [1.29, 1.82) is 0 Å². The molecule has 0 aromatic carbocycles. The highest BCUT2D eigenvalue weighted by Gasteiger charge is 2.43. The molecule has 2 aliphatic rings. The van der Waals surface area contributed by atoms with E-state index >= 15 is 0 Å². The van der Waals surface area contributed by atoms with Crippen LogP contribution in [-0.2, 0) is 9.59 Å². The van der Waals surface area contributed by atoms with Crippen LogP contribution in [0.3, 0.4) is 0 Å². The maximum Gasteiger partial charge on any atom is 0.310 e. The Labute approximate surface area is 120 Å². The molecule has 0 spiro atoms. The first-order valence-corrected chi connectivity index (χ1v) is 7.81. The molecule has 1 saturated heterocycles. The van der Waals surface area contributed by atoms with Crippen LogP contribution in [0.5, 0.6) is 0 Å². The molecule has 5 nitrogen and oxygen atoms in total. The molecule has 1 aliphatic carbocycles. The zero-order valence-corrected chi connectivity index (χ0v) is 12.4. The Morgan fingerprint density at radius 2 is 2.00 bits per heavy atom. The lowest BCUT2D eigenvalue weighted by molar-refractivity contribution is -0.148.